The van der Waals surface area contributed by atoms with E-state index in [1.54, 1.807) is 0 Å². The van der Waals surface area contributed by atoms with Crippen LogP contribution in [0.2, 0.25) is 0 Å². The number of carbonyl (C=O) groups is 2. The summed E-state index contributed by atoms with van der Waals surface area (Å²) in [5.74, 6) is 0.117. The molecule has 1 aliphatic rings. The lowest BCUT2D eigenvalue weighted by molar-refractivity contribution is -0.155. The van der Waals surface area contributed by atoms with E-state index in [4.69, 9.17) is 9.47 Å². The molecule has 0 aromatic rings. The smallest absolute Gasteiger partial charge is 0.308 e. The van der Waals surface area contributed by atoms with E-state index in [2.05, 4.69) is 20.8 Å². The molecule has 2 atom stereocenters. The molecule has 22 heavy (non-hydrogen) atoms. The van der Waals surface area contributed by atoms with Crippen LogP contribution in [0.3, 0.4) is 0 Å². The van der Waals surface area contributed by atoms with Crippen LogP contribution in [-0.2, 0) is 19.1 Å². The van der Waals surface area contributed by atoms with Crippen LogP contribution >= 0.6 is 0 Å². The van der Waals surface area contributed by atoms with Crippen molar-refractivity contribution in [2.75, 3.05) is 13.2 Å². The van der Waals surface area contributed by atoms with Crippen molar-refractivity contribution in [3.63, 3.8) is 0 Å². The molecule has 0 aromatic carbocycles. The van der Waals surface area contributed by atoms with E-state index < -0.39 is 0 Å². The van der Waals surface area contributed by atoms with Crippen molar-refractivity contribution < 1.29 is 19.1 Å². The van der Waals surface area contributed by atoms with E-state index in [-0.39, 0.29) is 23.8 Å². The van der Waals surface area contributed by atoms with Gasteiger partial charge in [-0.1, -0.05) is 33.6 Å². The highest BCUT2D eigenvalue weighted by atomic mass is 16.5. The Morgan fingerprint density at radius 3 is 2.05 bits per heavy atom. The topological polar surface area (TPSA) is 52.6 Å². The van der Waals surface area contributed by atoms with Gasteiger partial charge >= 0.3 is 11.9 Å². The second-order valence-electron chi connectivity index (χ2n) is 6.79. The molecule has 4 nitrogen and oxygen atoms in total. The number of hydrogen-bond acceptors (Lipinski definition) is 4. The minimum Gasteiger partial charge on any atom is -0.465 e. The Labute approximate surface area is 134 Å². The first-order valence-electron chi connectivity index (χ1n) is 8.87. The predicted molar refractivity (Wildman–Crippen MR) is 86.3 cm³/mol. The molecule has 0 amide bonds. The summed E-state index contributed by atoms with van der Waals surface area (Å²) in [5, 5.41) is 0. The molecule has 0 saturated heterocycles. The predicted octanol–water partition coefficient (Wildman–Crippen LogP) is 4.12. The molecule has 0 heterocycles. The number of rotatable bonds is 9. The maximum absolute atomic E-state index is 12.1. The highest BCUT2D eigenvalue weighted by Gasteiger charge is 2.32. The van der Waals surface area contributed by atoms with E-state index in [0.29, 0.717) is 25.6 Å². The quantitative estimate of drug-likeness (QED) is 0.475. The Balaban J connectivity index is 2.29. The minimum atomic E-state index is -0.134. The number of unbranched alkanes of at least 4 members (excludes halogenated alkanes) is 1. The van der Waals surface area contributed by atoms with Crippen LogP contribution in [0, 0.1) is 17.8 Å². The van der Waals surface area contributed by atoms with Gasteiger partial charge in [-0.25, -0.2) is 0 Å². The summed E-state index contributed by atoms with van der Waals surface area (Å²) >= 11 is 0. The number of carbonyl (C=O) groups excluding carboxylic acids is 2. The molecule has 0 aromatic heterocycles. The summed E-state index contributed by atoms with van der Waals surface area (Å²) in [6.07, 6.45) is 7.07. The zero-order chi connectivity index (χ0) is 16.4. The van der Waals surface area contributed by atoms with Crippen LogP contribution in [0.5, 0.6) is 0 Å². The van der Waals surface area contributed by atoms with Crippen LogP contribution in [-0.4, -0.2) is 25.2 Å². The van der Waals surface area contributed by atoms with Crippen molar-refractivity contribution in [2.45, 2.75) is 72.1 Å². The van der Waals surface area contributed by atoms with Crippen molar-refractivity contribution in [1.82, 2.24) is 0 Å². The third kappa shape index (κ3) is 7.28. The Kier molecular flexibility index (Phi) is 9.17. The molecular weight excluding hydrogens is 280 g/mol. The second-order valence-corrected chi connectivity index (χ2v) is 6.79. The van der Waals surface area contributed by atoms with Crippen LogP contribution in [0.1, 0.15) is 72.1 Å². The first kappa shape index (κ1) is 19.0. The lowest BCUT2D eigenvalue weighted by atomic mass is 9.81. The van der Waals surface area contributed by atoms with Crippen LogP contribution in [0.4, 0.5) is 0 Å². The molecule has 128 valence electrons. The van der Waals surface area contributed by atoms with Crippen molar-refractivity contribution >= 4 is 11.9 Å². The van der Waals surface area contributed by atoms with Crippen LogP contribution in [0.25, 0.3) is 0 Å². The summed E-state index contributed by atoms with van der Waals surface area (Å²) in [6.45, 7) is 7.39. The Hall–Kier alpha value is -1.06. The van der Waals surface area contributed by atoms with Crippen LogP contribution < -0.4 is 0 Å². The Bertz CT molecular complexity index is 338. The summed E-state index contributed by atoms with van der Waals surface area (Å²) in [7, 11) is 0. The first-order valence-corrected chi connectivity index (χ1v) is 8.87. The third-order valence-corrected chi connectivity index (χ3v) is 4.25. The lowest BCUT2D eigenvalue weighted by Crippen LogP contribution is -2.30. The normalized spacial score (nSPS) is 21.6. The number of ether oxygens (including phenoxy) is 2. The highest BCUT2D eigenvalue weighted by Crippen LogP contribution is 2.30. The van der Waals surface area contributed by atoms with Crippen molar-refractivity contribution in [3.8, 4) is 0 Å². The van der Waals surface area contributed by atoms with Gasteiger partial charge in [0.15, 0.2) is 0 Å². The van der Waals surface area contributed by atoms with E-state index in [9.17, 15) is 9.59 Å². The SMILES string of the molecule is CCCCOC(=O)C1CCCC(C(=O)OCCCC(C)C)C1. The summed E-state index contributed by atoms with van der Waals surface area (Å²) in [5.41, 5.74) is 0. The molecule has 0 bridgehead atoms. The standard InChI is InChI=1S/C18H32O4/c1-4-5-11-21-17(19)15-9-6-10-16(13-15)18(20)22-12-7-8-14(2)3/h14-16H,4-13H2,1-3H3. The summed E-state index contributed by atoms with van der Waals surface area (Å²) in [6, 6.07) is 0. The second kappa shape index (κ2) is 10.6. The molecule has 2 unspecified atom stereocenters. The molecule has 1 aliphatic carbocycles. The summed E-state index contributed by atoms with van der Waals surface area (Å²) < 4.78 is 10.7. The molecule has 0 N–H and O–H groups in total. The van der Waals surface area contributed by atoms with Gasteiger partial charge in [-0.15, -0.1) is 0 Å². The third-order valence-electron chi connectivity index (χ3n) is 4.25. The Morgan fingerprint density at radius 1 is 1.00 bits per heavy atom. The lowest BCUT2D eigenvalue weighted by Gasteiger charge is -2.26. The maximum Gasteiger partial charge on any atom is 0.308 e. The maximum atomic E-state index is 12.1. The molecule has 0 radical (unpaired) electrons. The van der Waals surface area contributed by atoms with Crippen molar-refractivity contribution in [2.24, 2.45) is 17.8 Å². The van der Waals surface area contributed by atoms with Gasteiger partial charge in [0.1, 0.15) is 0 Å². The largest absolute Gasteiger partial charge is 0.465 e. The summed E-state index contributed by atoms with van der Waals surface area (Å²) in [4.78, 5) is 24.1. The molecule has 1 fully saturated rings. The zero-order valence-corrected chi connectivity index (χ0v) is 14.4. The van der Waals surface area contributed by atoms with E-state index >= 15 is 0 Å². The highest BCUT2D eigenvalue weighted by molar-refractivity contribution is 5.76. The molecular formula is C18H32O4. The van der Waals surface area contributed by atoms with Crippen molar-refractivity contribution in [1.29, 1.82) is 0 Å². The molecule has 4 heteroatoms. The average Bonchev–Trinajstić information content (AvgIpc) is 2.51. The fourth-order valence-corrected chi connectivity index (χ4v) is 2.84. The fraction of sp³-hybridized carbons (Fsp3) is 0.889. The average molecular weight is 312 g/mol. The first-order chi connectivity index (χ1) is 10.5. The van der Waals surface area contributed by atoms with Gasteiger partial charge in [0.05, 0.1) is 25.0 Å². The van der Waals surface area contributed by atoms with E-state index in [1.165, 1.54) is 0 Å². The van der Waals surface area contributed by atoms with Gasteiger partial charge in [0, 0.05) is 0 Å². The van der Waals surface area contributed by atoms with E-state index in [1.807, 2.05) is 0 Å². The van der Waals surface area contributed by atoms with Gasteiger partial charge in [-0.3, -0.25) is 9.59 Å². The van der Waals surface area contributed by atoms with Gasteiger partial charge in [0.2, 0.25) is 0 Å². The minimum absolute atomic E-state index is 0.126. The molecule has 1 saturated carbocycles. The number of hydrogen-bond donors (Lipinski definition) is 0. The molecule has 0 spiro atoms. The van der Waals surface area contributed by atoms with Gasteiger partial charge in [-0.2, -0.15) is 0 Å². The van der Waals surface area contributed by atoms with Crippen LogP contribution in [0.15, 0.2) is 0 Å². The number of esters is 2. The van der Waals surface area contributed by atoms with Gasteiger partial charge in [-0.05, 0) is 44.4 Å². The zero-order valence-electron chi connectivity index (χ0n) is 14.4. The van der Waals surface area contributed by atoms with Crippen molar-refractivity contribution in [3.05, 3.63) is 0 Å². The molecule has 1 rings (SSSR count). The fourth-order valence-electron chi connectivity index (χ4n) is 2.84. The van der Waals surface area contributed by atoms with Gasteiger partial charge in [0.25, 0.3) is 0 Å². The molecule has 0 aliphatic heterocycles. The monoisotopic (exact) mass is 312 g/mol. The van der Waals surface area contributed by atoms with E-state index in [0.717, 1.165) is 44.9 Å². The van der Waals surface area contributed by atoms with Gasteiger partial charge < -0.3 is 9.47 Å². The Morgan fingerprint density at radius 2 is 1.55 bits per heavy atom.